The molecule has 0 aliphatic rings. The van der Waals surface area contributed by atoms with Crippen molar-refractivity contribution < 1.29 is 13.9 Å². The summed E-state index contributed by atoms with van der Waals surface area (Å²) >= 11 is 0. The van der Waals surface area contributed by atoms with E-state index in [9.17, 15) is 4.79 Å². The van der Waals surface area contributed by atoms with Gasteiger partial charge in [-0.25, -0.2) is 4.79 Å². The topological polar surface area (TPSA) is 94.1 Å². The highest BCUT2D eigenvalue weighted by Crippen LogP contribution is 2.18. The van der Waals surface area contributed by atoms with Gasteiger partial charge in [0.15, 0.2) is 0 Å². The predicted octanol–water partition coefficient (Wildman–Crippen LogP) is 2.40. The van der Waals surface area contributed by atoms with Crippen molar-refractivity contribution in [2.24, 2.45) is 5.73 Å². The molecule has 3 N–H and O–H groups in total. The van der Waals surface area contributed by atoms with E-state index in [0.717, 1.165) is 35.2 Å². The number of rotatable bonds is 4. The molecule has 102 valence electrons. The van der Waals surface area contributed by atoms with Crippen LogP contribution in [-0.2, 0) is 12.8 Å². The zero-order valence-electron chi connectivity index (χ0n) is 10.6. The first-order valence-corrected chi connectivity index (χ1v) is 6.19. The van der Waals surface area contributed by atoms with Crippen LogP contribution in [0.1, 0.15) is 11.3 Å². The first kappa shape index (κ1) is 12.3. The van der Waals surface area contributed by atoms with E-state index in [0.29, 0.717) is 0 Å². The van der Waals surface area contributed by atoms with E-state index in [-0.39, 0.29) is 6.01 Å². The van der Waals surface area contributed by atoms with E-state index in [1.165, 1.54) is 0 Å². The number of aromatic nitrogens is 2. The Hall–Kier alpha value is -2.76. The summed E-state index contributed by atoms with van der Waals surface area (Å²) in [6.45, 7) is 0. The van der Waals surface area contributed by atoms with Gasteiger partial charge in [0, 0.05) is 6.42 Å². The van der Waals surface area contributed by atoms with E-state index < -0.39 is 6.09 Å². The average Bonchev–Trinajstić information content (AvgIpc) is 3.03. The van der Waals surface area contributed by atoms with Crippen molar-refractivity contribution >= 4 is 17.1 Å². The Morgan fingerprint density at radius 1 is 1.35 bits per heavy atom. The second kappa shape index (κ2) is 5.08. The lowest BCUT2D eigenvalue weighted by molar-refractivity contribution is 0.207. The summed E-state index contributed by atoms with van der Waals surface area (Å²) in [5.41, 5.74) is 7.61. The van der Waals surface area contributed by atoms with Gasteiger partial charge < -0.3 is 19.9 Å². The van der Waals surface area contributed by atoms with Gasteiger partial charge in [0.2, 0.25) is 0 Å². The summed E-state index contributed by atoms with van der Waals surface area (Å²) in [7, 11) is 0. The third-order valence-corrected chi connectivity index (χ3v) is 2.96. The molecule has 0 spiro atoms. The van der Waals surface area contributed by atoms with Gasteiger partial charge in [-0.2, -0.15) is 4.98 Å². The van der Waals surface area contributed by atoms with Crippen LogP contribution in [0.3, 0.4) is 0 Å². The van der Waals surface area contributed by atoms with Crippen LogP contribution in [-0.4, -0.2) is 16.1 Å². The molecule has 0 fully saturated rings. The van der Waals surface area contributed by atoms with E-state index in [4.69, 9.17) is 14.9 Å². The molecule has 0 bridgehead atoms. The van der Waals surface area contributed by atoms with Gasteiger partial charge in [0.05, 0.1) is 17.3 Å². The number of nitrogens with zero attached hydrogens (tertiary/aromatic N) is 1. The van der Waals surface area contributed by atoms with Crippen molar-refractivity contribution in [3.05, 3.63) is 47.9 Å². The molecule has 0 saturated heterocycles. The van der Waals surface area contributed by atoms with Crippen LogP contribution in [0, 0.1) is 0 Å². The zero-order chi connectivity index (χ0) is 13.9. The minimum atomic E-state index is -0.887. The van der Waals surface area contributed by atoms with Crippen molar-refractivity contribution in [3.8, 4) is 6.01 Å². The fourth-order valence-corrected chi connectivity index (χ4v) is 2.05. The van der Waals surface area contributed by atoms with Crippen molar-refractivity contribution in [2.45, 2.75) is 12.8 Å². The Morgan fingerprint density at radius 2 is 2.25 bits per heavy atom. The number of H-pyrrole nitrogens is 1. The Kier molecular flexibility index (Phi) is 3.12. The number of carbonyl (C=O) groups is 1. The summed E-state index contributed by atoms with van der Waals surface area (Å²) in [6.07, 6.45) is 2.46. The summed E-state index contributed by atoms with van der Waals surface area (Å²) < 4.78 is 10.0. The van der Waals surface area contributed by atoms with Crippen molar-refractivity contribution in [1.82, 2.24) is 9.97 Å². The number of imidazole rings is 1. The fourth-order valence-electron chi connectivity index (χ4n) is 2.05. The molecular formula is C14H13N3O3. The number of ether oxygens (including phenoxy) is 1. The predicted molar refractivity (Wildman–Crippen MR) is 72.4 cm³/mol. The highest BCUT2D eigenvalue weighted by Gasteiger charge is 2.07. The maximum atomic E-state index is 10.7. The maximum Gasteiger partial charge on any atom is 0.412 e. The molecule has 0 unspecified atom stereocenters. The number of aromatic amines is 1. The Labute approximate surface area is 114 Å². The number of benzene rings is 1. The molecule has 0 aliphatic carbocycles. The molecule has 2 heterocycles. The monoisotopic (exact) mass is 271 g/mol. The number of amides is 1. The van der Waals surface area contributed by atoms with Crippen LogP contribution in [0.2, 0.25) is 0 Å². The Bertz CT molecular complexity index is 731. The van der Waals surface area contributed by atoms with E-state index in [1.807, 2.05) is 30.3 Å². The largest absolute Gasteiger partial charge is 0.469 e. The smallest absolute Gasteiger partial charge is 0.412 e. The lowest BCUT2D eigenvalue weighted by Gasteiger charge is -1.99. The van der Waals surface area contributed by atoms with E-state index in [2.05, 4.69) is 9.97 Å². The number of nitrogens with two attached hydrogens (primary N) is 1. The number of furan rings is 1. The van der Waals surface area contributed by atoms with Crippen LogP contribution in [0.25, 0.3) is 11.0 Å². The molecule has 20 heavy (non-hydrogen) atoms. The van der Waals surface area contributed by atoms with Crippen molar-refractivity contribution in [3.63, 3.8) is 0 Å². The SMILES string of the molecule is NC(=O)Oc1nc2cc(CCc3ccco3)ccc2[nH]1. The second-order valence-electron chi connectivity index (χ2n) is 4.39. The molecule has 0 saturated carbocycles. The van der Waals surface area contributed by atoms with E-state index >= 15 is 0 Å². The molecule has 0 aliphatic heterocycles. The lowest BCUT2D eigenvalue weighted by atomic mass is 10.1. The Balaban J connectivity index is 1.77. The molecule has 2 aromatic heterocycles. The van der Waals surface area contributed by atoms with Crippen LogP contribution in [0.4, 0.5) is 4.79 Å². The van der Waals surface area contributed by atoms with Gasteiger partial charge in [-0.3, -0.25) is 0 Å². The fraction of sp³-hybridized carbons (Fsp3) is 0.143. The van der Waals surface area contributed by atoms with Crippen molar-refractivity contribution in [1.29, 1.82) is 0 Å². The molecule has 1 aromatic carbocycles. The summed E-state index contributed by atoms with van der Waals surface area (Å²) in [5, 5.41) is 0. The van der Waals surface area contributed by atoms with E-state index in [1.54, 1.807) is 6.26 Å². The standard InChI is InChI=1S/C14H13N3O3/c15-13(18)20-14-16-11-6-4-9(8-12(11)17-14)3-5-10-2-1-7-19-10/h1-2,4,6-8H,3,5H2,(H2,15,18)(H,16,17). The van der Waals surface area contributed by atoms with Gasteiger partial charge in [-0.1, -0.05) is 6.07 Å². The Morgan fingerprint density at radius 3 is 3.00 bits per heavy atom. The molecule has 3 rings (SSSR count). The van der Waals surface area contributed by atoms with Crippen LogP contribution in [0.15, 0.2) is 41.0 Å². The number of nitrogens with one attached hydrogen (secondary N) is 1. The van der Waals surface area contributed by atoms with Gasteiger partial charge in [-0.05, 0) is 36.2 Å². The second-order valence-corrected chi connectivity index (χ2v) is 4.39. The highest BCUT2D eigenvalue weighted by atomic mass is 16.6. The number of fused-ring (bicyclic) bond motifs is 1. The number of hydrogen-bond acceptors (Lipinski definition) is 4. The molecular weight excluding hydrogens is 258 g/mol. The molecule has 0 radical (unpaired) electrons. The minimum Gasteiger partial charge on any atom is -0.469 e. The zero-order valence-corrected chi connectivity index (χ0v) is 10.6. The van der Waals surface area contributed by atoms with Crippen molar-refractivity contribution in [2.75, 3.05) is 0 Å². The number of hydrogen-bond donors (Lipinski definition) is 2. The first-order chi connectivity index (χ1) is 9.70. The van der Waals surface area contributed by atoms with Gasteiger partial charge in [0.25, 0.3) is 0 Å². The molecule has 6 nitrogen and oxygen atoms in total. The summed E-state index contributed by atoms with van der Waals surface area (Å²) in [5.74, 6) is 0.949. The quantitative estimate of drug-likeness (QED) is 0.761. The van der Waals surface area contributed by atoms with Gasteiger partial charge in [-0.15, -0.1) is 0 Å². The minimum absolute atomic E-state index is 0.107. The number of primary amides is 1. The third kappa shape index (κ3) is 2.64. The average molecular weight is 271 g/mol. The lowest BCUT2D eigenvalue weighted by Crippen LogP contribution is -2.16. The highest BCUT2D eigenvalue weighted by molar-refractivity contribution is 5.77. The molecule has 3 aromatic rings. The molecule has 1 amide bonds. The normalized spacial score (nSPS) is 10.8. The summed E-state index contributed by atoms with van der Waals surface area (Å²) in [6, 6.07) is 9.77. The van der Waals surface area contributed by atoms with Crippen LogP contribution >= 0.6 is 0 Å². The van der Waals surface area contributed by atoms with Crippen LogP contribution < -0.4 is 10.5 Å². The summed E-state index contributed by atoms with van der Waals surface area (Å²) in [4.78, 5) is 17.7. The third-order valence-electron chi connectivity index (χ3n) is 2.96. The van der Waals surface area contributed by atoms with Crippen LogP contribution in [0.5, 0.6) is 6.01 Å². The number of carbonyl (C=O) groups excluding carboxylic acids is 1. The molecule has 6 heteroatoms. The van der Waals surface area contributed by atoms with Gasteiger partial charge in [0.1, 0.15) is 5.76 Å². The maximum absolute atomic E-state index is 10.7. The number of aryl methyl sites for hydroxylation is 2. The molecule has 0 atom stereocenters. The first-order valence-electron chi connectivity index (χ1n) is 6.19. The van der Waals surface area contributed by atoms with Gasteiger partial charge >= 0.3 is 12.1 Å².